The Morgan fingerprint density at radius 1 is 1.50 bits per heavy atom. The summed E-state index contributed by atoms with van der Waals surface area (Å²) >= 11 is 3.46. The van der Waals surface area contributed by atoms with Crippen molar-refractivity contribution in [1.29, 1.82) is 0 Å². The van der Waals surface area contributed by atoms with Crippen LogP contribution < -0.4 is 5.32 Å². The van der Waals surface area contributed by atoms with Gasteiger partial charge in [-0.3, -0.25) is 9.48 Å². The molecule has 0 aliphatic carbocycles. The number of carbonyl (C=O) groups excluding carboxylic acids is 1. The lowest BCUT2D eigenvalue weighted by Gasteiger charge is -2.16. The fraction of sp³-hybridized carbons (Fsp3) is 0.286. The lowest BCUT2D eigenvalue weighted by atomic mass is 10.2. The number of hydrogen-bond donors (Lipinski definition) is 1. The maximum Gasteiger partial charge on any atom is 0.248 e. The number of rotatable bonds is 5. The molecule has 106 valence electrons. The van der Waals surface area contributed by atoms with Crippen molar-refractivity contribution in [1.82, 2.24) is 9.78 Å². The van der Waals surface area contributed by atoms with Crippen LogP contribution in [-0.4, -0.2) is 22.8 Å². The predicted octanol–water partition coefficient (Wildman–Crippen LogP) is 2.99. The van der Waals surface area contributed by atoms with Crippen LogP contribution in [0.15, 0.2) is 41.1 Å². The normalized spacial score (nSPS) is 12.2. The molecule has 6 heteroatoms. The second kappa shape index (κ2) is 6.67. The van der Waals surface area contributed by atoms with E-state index in [2.05, 4.69) is 26.3 Å². The maximum atomic E-state index is 12.3. The maximum absolute atomic E-state index is 12.3. The Morgan fingerprint density at radius 3 is 2.95 bits per heavy atom. The average molecular weight is 338 g/mol. The summed E-state index contributed by atoms with van der Waals surface area (Å²) in [5.74, 6) is -0.121. The number of anilines is 1. The van der Waals surface area contributed by atoms with Crippen LogP contribution in [0.1, 0.15) is 18.5 Å². The molecule has 5 nitrogen and oxygen atoms in total. The van der Waals surface area contributed by atoms with Gasteiger partial charge >= 0.3 is 0 Å². The number of nitrogens with one attached hydrogen (secondary N) is 1. The molecular weight excluding hydrogens is 322 g/mol. The van der Waals surface area contributed by atoms with E-state index >= 15 is 0 Å². The molecular formula is C14H16BrN3O2. The fourth-order valence-corrected chi connectivity index (χ4v) is 2.31. The summed E-state index contributed by atoms with van der Waals surface area (Å²) in [4.78, 5) is 12.3. The van der Waals surface area contributed by atoms with Gasteiger partial charge in [0.15, 0.2) is 0 Å². The number of benzene rings is 1. The lowest BCUT2D eigenvalue weighted by molar-refractivity contribution is -0.119. The Balaban J connectivity index is 2.17. The van der Waals surface area contributed by atoms with Crippen molar-refractivity contribution in [3.05, 3.63) is 46.7 Å². The highest BCUT2D eigenvalue weighted by molar-refractivity contribution is 9.10. The van der Waals surface area contributed by atoms with Gasteiger partial charge in [0.1, 0.15) is 6.04 Å². The fourth-order valence-electron chi connectivity index (χ4n) is 1.83. The molecule has 1 aromatic heterocycles. The Morgan fingerprint density at radius 2 is 2.30 bits per heavy atom. The smallest absolute Gasteiger partial charge is 0.248 e. The molecule has 20 heavy (non-hydrogen) atoms. The molecule has 0 fully saturated rings. The zero-order chi connectivity index (χ0) is 14.5. The number of amides is 1. The minimum Gasteiger partial charge on any atom is -0.380 e. The third kappa shape index (κ3) is 3.26. The summed E-state index contributed by atoms with van der Waals surface area (Å²) in [6.07, 6.45) is 3.42. The Hall–Kier alpha value is -1.66. The monoisotopic (exact) mass is 337 g/mol. The first-order valence-corrected chi connectivity index (χ1v) is 6.99. The second-order valence-electron chi connectivity index (χ2n) is 4.35. The van der Waals surface area contributed by atoms with E-state index in [0.717, 1.165) is 15.7 Å². The third-order valence-corrected chi connectivity index (χ3v) is 3.71. The van der Waals surface area contributed by atoms with Crippen LogP contribution in [0.5, 0.6) is 0 Å². The van der Waals surface area contributed by atoms with Crippen LogP contribution in [0.2, 0.25) is 0 Å². The summed E-state index contributed by atoms with van der Waals surface area (Å²) < 4.78 is 7.69. The Kier molecular flexibility index (Phi) is 4.92. The van der Waals surface area contributed by atoms with Gasteiger partial charge < -0.3 is 10.1 Å². The first kappa shape index (κ1) is 14.7. The van der Waals surface area contributed by atoms with Gasteiger partial charge in [0.25, 0.3) is 0 Å². The molecule has 1 aromatic carbocycles. The predicted molar refractivity (Wildman–Crippen MR) is 80.4 cm³/mol. The van der Waals surface area contributed by atoms with Gasteiger partial charge in [-0.1, -0.05) is 22.0 Å². The SMILES string of the molecule is COCc1c(Br)cccc1NC(=O)[C@@H](C)n1cccn1. The molecule has 0 radical (unpaired) electrons. The summed E-state index contributed by atoms with van der Waals surface area (Å²) in [6, 6.07) is 7.06. The van der Waals surface area contributed by atoms with Crippen LogP contribution in [0.4, 0.5) is 5.69 Å². The largest absolute Gasteiger partial charge is 0.380 e. The number of aromatic nitrogens is 2. The topological polar surface area (TPSA) is 56.1 Å². The molecule has 0 bridgehead atoms. The molecule has 0 saturated carbocycles. The van der Waals surface area contributed by atoms with E-state index in [1.54, 1.807) is 37.2 Å². The average Bonchev–Trinajstić information content (AvgIpc) is 2.96. The molecule has 0 aliphatic rings. The number of hydrogen-bond acceptors (Lipinski definition) is 3. The van der Waals surface area contributed by atoms with Gasteiger partial charge in [0, 0.05) is 35.2 Å². The van der Waals surface area contributed by atoms with Crippen LogP contribution in [0.25, 0.3) is 0 Å². The van der Waals surface area contributed by atoms with Crippen molar-refractivity contribution in [2.75, 3.05) is 12.4 Å². The van der Waals surface area contributed by atoms with Gasteiger partial charge in [-0.15, -0.1) is 0 Å². The number of methoxy groups -OCH3 is 1. The lowest BCUT2D eigenvalue weighted by Crippen LogP contribution is -2.24. The Labute approximate surface area is 126 Å². The third-order valence-electron chi connectivity index (χ3n) is 2.97. The van der Waals surface area contributed by atoms with E-state index < -0.39 is 0 Å². The van der Waals surface area contributed by atoms with Crippen LogP contribution in [0, 0.1) is 0 Å². The molecule has 0 aliphatic heterocycles. The minimum atomic E-state index is -0.376. The van der Waals surface area contributed by atoms with Crippen LogP contribution in [0.3, 0.4) is 0 Å². The van der Waals surface area contributed by atoms with Crippen molar-refractivity contribution >= 4 is 27.5 Å². The number of ether oxygens (including phenoxy) is 1. The molecule has 1 N–H and O–H groups in total. The van der Waals surface area contributed by atoms with E-state index in [-0.39, 0.29) is 11.9 Å². The standard InChI is InChI=1S/C14H16BrN3O2/c1-10(18-8-4-7-16-18)14(19)17-13-6-3-5-12(15)11(13)9-20-2/h3-8,10H,9H2,1-2H3,(H,17,19)/t10-/m1/s1. The molecule has 0 unspecified atom stereocenters. The quantitative estimate of drug-likeness (QED) is 0.912. The highest BCUT2D eigenvalue weighted by atomic mass is 79.9. The van der Waals surface area contributed by atoms with E-state index in [9.17, 15) is 4.79 Å². The molecule has 2 aromatic rings. The van der Waals surface area contributed by atoms with Crippen molar-refractivity contribution in [2.45, 2.75) is 19.6 Å². The number of halogens is 1. The van der Waals surface area contributed by atoms with E-state index in [1.807, 2.05) is 18.2 Å². The first-order valence-electron chi connectivity index (χ1n) is 6.19. The van der Waals surface area contributed by atoms with Gasteiger partial charge in [-0.05, 0) is 25.1 Å². The van der Waals surface area contributed by atoms with Crippen LogP contribution in [-0.2, 0) is 16.1 Å². The molecule has 1 heterocycles. The summed E-state index contributed by atoms with van der Waals surface area (Å²) in [6.45, 7) is 2.23. The van der Waals surface area contributed by atoms with Gasteiger partial charge in [-0.2, -0.15) is 5.10 Å². The van der Waals surface area contributed by atoms with Gasteiger partial charge in [0.05, 0.1) is 6.61 Å². The first-order chi connectivity index (χ1) is 9.63. The van der Waals surface area contributed by atoms with Gasteiger partial charge in [-0.25, -0.2) is 0 Å². The number of carbonyl (C=O) groups is 1. The summed E-state index contributed by atoms with van der Waals surface area (Å²) in [5.41, 5.74) is 1.65. The highest BCUT2D eigenvalue weighted by Gasteiger charge is 2.17. The van der Waals surface area contributed by atoms with Gasteiger partial charge in [0.2, 0.25) is 5.91 Å². The van der Waals surface area contributed by atoms with Crippen molar-refractivity contribution in [2.24, 2.45) is 0 Å². The van der Waals surface area contributed by atoms with E-state index in [4.69, 9.17) is 4.74 Å². The zero-order valence-electron chi connectivity index (χ0n) is 11.3. The molecule has 1 amide bonds. The molecule has 1 atom stereocenters. The molecule has 0 saturated heterocycles. The summed E-state index contributed by atoms with van der Waals surface area (Å²) in [5, 5.41) is 6.99. The van der Waals surface area contributed by atoms with E-state index in [1.165, 1.54) is 0 Å². The Bertz CT molecular complexity index is 584. The summed E-state index contributed by atoms with van der Waals surface area (Å²) in [7, 11) is 1.62. The van der Waals surface area contributed by atoms with Crippen molar-refractivity contribution in [3.63, 3.8) is 0 Å². The van der Waals surface area contributed by atoms with E-state index in [0.29, 0.717) is 6.61 Å². The number of nitrogens with zero attached hydrogens (tertiary/aromatic N) is 2. The van der Waals surface area contributed by atoms with Crippen LogP contribution >= 0.6 is 15.9 Å². The second-order valence-corrected chi connectivity index (χ2v) is 5.20. The highest BCUT2D eigenvalue weighted by Crippen LogP contribution is 2.26. The zero-order valence-corrected chi connectivity index (χ0v) is 12.9. The van der Waals surface area contributed by atoms with Crippen molar-refractivity contribution < 1.29 is 9.53 Å². The molecule has 2 rings (SSSR count). The molecule has 0 spiro atoms. The van der Waals surface area contributed by atoms with Crippen molar-refractivity contribution in [3.8, 4) is 0 Å². The minimum absolute atomic E-state index is 0.121.